The Bertz CT molecular complexity index is 620. The van der Waals surface area contributed by atoms with Crippen LogP contribution in [0.5, 0.6) is 11.5 Å². The van der Waals surface area contributed by atoms with Gasteiger partial charge in [-0.25, -0.2) is 4.98 Å². The standard InChI is InChI=1S/C14H13BrN2OS/c1-8-6-10(7-9(2)12(8)15)18-11-4-3-5-17-13(11)14(16)19/h3-7H,1-2H3,(H2,16,19). The van der Waals surface area contributed by atoms with Crippen molar-refractivity contribution in [1.29, 1.82) is 0 Å². The number of pyridine rings is 1. The van der Waals surface area contributed by atoms with Gasteiger partial charge in [-0.1, -0.05) is 28.1 Å². The molecule has 2 rings (SSSR count). The first kappa shape index (κ1) is 14.0. The van der Waals surface area contributed by atoms with E-state index in [1.807, 2.05) is 26.0 Å². The lowest BCUT2D eigenvalue weighted by Crippen LogP contribution is -2.12. The summed E-state index contributed by atoms with van der Waals surface area (Å²) in [6, 6.07) is 7.49. The van der Waals surface area contributed by atoms with Crippen LogP contribution in [0.15, 0.2) is 34.9 Å². The second-order valence-corrected chi connectivity index (χ2v) is 5.42. The van der Waals surface area contributed by atoms with E-state index in [2.05, 4.69) is 20.9 Å². The predicted molar refractivity (Wildman–Crippen MR) is 83.8 cm³/mol. The lowest BCUT2D eigenvalue weighted by Gasteiger charge is -2.11. The van der Waals surface area contributed by atoms with E-state index in [9.17, 15) is 0 Å². The maximum absolute atomic E-state index is 5.84. The number of nitrogens with two attached hydrogens (primary N) is 1. The van der Waals surface area contributed by atoms with Gasteiger partial charge < -0.3 is 10.5 Å². The Morgan fingerprint density at radius 3 is 2.53 bits per heavy atom. The molecule has 0 saturated carbocycles. The molecule has 0 radical (unpaired) electrons. The fourth-order valence-electron chi connectivity index (χ4n) is 1.75. The highest BCUT2D eigenvalue weighted by Gasteiger charge is 2.10. The Hall–Kier alpha value is -1.46. The minimum absolute atomic E-state index is 0.223. The molecule has 2 aromatic rings. The van der Waals surface area contributed by atoms with Crippen molar-refractivity contribution in [3.63, 3.8) is 0 Å². The topological polar surface area (TPSA) is 48.1 Å². The Morgan fingerprint density at radius 2 is 1.95 bits per heavy atom. The van der Waals surface area contributed by atoms with Crippen LogP contribution in [0.25, 0.3) is 0 Å². The van der Waals surface area contributed by atoms with Gasteiger partial charge in [0.2, 0.25) is 0 Å². The van der Waals surface area contributed by atoms with Gasteiger partial charge in [-0.3, -0.25) is 0 Å². The van der Waals surface area contributed by atoms with Gasteiger partial charge in [0.05, 0.1) is 0 Å². The summed E-state index contributed by atoms with van der Waals surface area (Å²) in [5, 5.41) is 0. The van der Waals surface area contributed by atoms with Crippen molar-refractivity contribution in [1.82, 2.24) is 4.98 Å². The van der Waals surface area contributed by atoms with E-state index in [1.165, 1.54) is 0 Å². The van der Waals surface area contributed by atoms with E-state index in [0.717, 1.165) is 21.3 Å². The molecule has 0 aliphatic carbocycles. The smallest absolute Gasteiger partial charge is 0.156 e. The van der Waals surface area contributed by atoms with Crippen LogP contribution in [0.1, 0.15) is 16.8 Å². The molecule has 0 aliphatic rings. The van der Waals surface area contributed by atoms with E-state index >= 15 is 0 Å². The van der Waals surface area contributed by atoms with E-state index < -0.39 is 0 Å². The molecular formula is C14H13BrN2OS. The quantitative estimate of drug-likeness (QED) is 0.864. The largest absolute Gasteiger partial charge is 0.455 e. The average molecular weight is 337 g/mol. The van der Waals surface area contributed by atoms with Crippen LogP contribution < -0.4 is 10.5 Å². The van der Waals surface area contributed by atoms with Crippen LogP contribution in [0.2, 0.25) is 0 Å². The lowest BCUT2D eigenvalue weighted by atomic mass is 10.1. The molecule has 0 amide bonds. The molecule has 2 N–H and O–H groups in total. The van der Waals surface area contributed by atoms with Crippen LogP contribution in [-0.4, -0.2) is 9.97 Å². The average Bonchev–Trinajstić information content (AvgIpc) is 2.36. The van der Waals surface area contributed by atoms with E-state index in [4.69, 9.17) is 22.7 Å². The molecule has 1 aromatic carbocycles. The summed E-state index contributed by atoms with van der Waals surface area (Å²) in [5.41, 5.74) is 8.34. The molecule has 0 fully saturated rings. The van der Waals surface area contributed by atoms with Gasteiger partial charge in [0, 0.05) is 10.7 Å². The first-order valence-electron chi connectivity index (χ1n) is 5.68. The number of thiocarbonyl (C=S) groups is 1. The first-order chi connectivity index (χ1) is 8.99. The SMILES string of the molecule is Cc1cc(Oc2cccnc2C(N)=S)cc(C)c1Br. The lowest BCUT2D eigenvalue weighted by molar-refractivity contribution is 0.478. The van der Waals surface area contributed by atoms with Gasteiger partial charge >= 0.3 is 0 Å². The third-order valence-electron chi connectivity index (χ3n) is 2.64. The predicted octanol–water partition coefficient (Wildman–Crippen LogP) is 3.89. The molecule has 98 valence electrons. The van der Waals surface area contributed by atoms with Crippen molar-refractivity contribution < 1.29 is 4.74 Å². The molecule has 0 aliphatic heterocycles. The van der Waals surface area contributed by atoms with Crippen molar-refractivity contribution >= 4 is 33.1 Å². The number of nitrogens with zero attached hydrogens (tertiary/aromatic N) is 1. The number of rotatable bonds is 3. The number of aryl methyl sites for hydroxylation is 2. The molecule has 5 heteroatoms. The number of aromatic nitrogens is 1. The van der Waals surface area contributed by atoms with Crippen molar-refractivity contribution in [3.8, 4) is 11.5 Å². The molecule has 3 nitrogen and oxygen atoms in total. The van der Waals surface area contributed by atoms with Crippen LogP contribution in [0, 0.1) is 13.8 Å². The summed E-state index contributed by atoms with van der Waals surface area (Å²) in [6.07, 6.45) is 1.64. The van der Waals surface area contributed by atoms with Crippen molar-refractivity contribution in [2.75, 3.05) is 0 Å². The minimum Gasteiger partial charge on any atom is -0.455 e. The molecule has 19 heavy (non-hydrogen) atoms. The van der Waals surface area contributed by atoms with Crippen molar-refractivity contribution in [2.24, 2.45) is 5.73 Å². The highest BCUT2D eigenvalue weighted by Crippen LogP contribution is 2.30. The van der Waals surface area contributed by atoms with Crippen LogP contribution >= 0.6 is 28.1 Å². The zero-order valence-corrected chi connectivity index (χ0v) is 13.0. The Balaban J connectivity index is 2.39. The van der Waals surface area contributed by atoms with Gasteiger partial charge in [-0.2, -0.15) is 0 Å². The highest BCUT2D eigenvalue weighted by atomic mass is 79.9. The van der Waals surface area contributed by atoms with Gasteiger partial charge in [-0.15, -0.1) is 0 Å². The van der Waals surface area contributed by atoms with Gasteiger partial charge in [0.25, 0.3) is 0 Å². The number of benzene rings is 1. The summed E-state index contributed by atoms with van der Waals surface area (Å²) >= 11 is 8.49. The van der Waals surface area contributed by atoms with E-state index in [1.54, 1.807) is 18.3 Å². The Kier molecular flexibility index (Phi) is 4.17. The second-order valence-electron chi connectivity index (χ2n) is 4.19. The molecule has 0 bridgehead atoms. The van der Waals surface area contributed by atoms with Gasteiger partial charge in [-0.05, 0) is 49.2 Å². The van der Waals surface area contributed by atoms with Gasteiger partial charge in [0.1, 0.15) is 16.4 Å². The normalized spacial score (nSPS) is 10.3. The number of halogens is 1. The molecule has 0 atom stereocenters. The third-order valence-corrected chi connectivity index (χ3v) is 4.09. The monoisotopic (exact) mass is 336 g/mol. The molecule has 0 saturated heterocycles. The first-order valence-corrected chi connectivity index (χ1v) is 6.88. The maximum Gasteiger partial charge on any atom is 0.156 e. The number of ether oxygens (including phenoxy) is 1. The Morgan fingerprint density at radius 1 is 1.32 bits per heavy atom. The zero-order valence-electron chi connectivity index (χ0n) is 10.6. The van der Waals surface area contributed by atoms with Crippen LogP contribution in [0.4, 0.5) is 0 Å². The molecule has 1 heterocycles. The second kappa shape index (κ2) is 5.67. The van der Waals surface area contributed by atoms with Gasteiger partial charge in [0.15, 0.2) is 5.75 Å². The zero-order chi connectivity index (χ0) is 14.0. The maximum atomic E-state index is 5.84. The fourth-order valence-corrected chi connectivity index (χ4v) is 2.13. The molecule has 0 spiro atoms. The summed E-state index contributed by atoms with van der Waals surface area (Å²) in [4.78, 5) is 4.36. The van der Waals surface area contributed by atoms with Crippen LogP contribution in [-0.2, 0) is 0 Å². The van der Waals surface area contributed by atoms with Crippen LogP contribution in [0.3, 0.4) is 0 Å². The Labute approximate surface area is 125 Å². The molecule has 0 unspecified atom stereocenters. The molecule has 1 aromatic heterocycles. The number of hydrogen-bond acceptors (Lipinski definition) is 3. The van der Waals surface area contributed by atoms with Crippen molar-refractivity contribution in [2.45, 2.75) is 13.8 Å². The van der Waals surface area contributed by atoms with Crippen molar-refractivity contribution in [3.05, 3.63) is 51.8 Å². The summed E-state index contributed by atoms with van der Waals surface area (Å²) < 4.78 is 6.92. The highest BCUT2D eigenvalue weighted by molar-refractivity contribution is 9.10. The minimum atomic E-state index is 0.223. The summed E-state index contributed by atoms with van der Waals surface area (Å²) in [6.45, 7) is 4.03. The summed E-state index contributed by atoms with van der Waals surface area (Å²) in [7, 11) is 0. The fraction of sp³-hybridized carbons (Fsp3) is 0.143. The van der Waals surface area contributed by atoms with E-state index in [-0.39, 0.29) is 4.99 Å². The van der Waals surface area contributed by atoms with E-state index in [0.29, 0.717) is 11.4 Å². The number of hydrogen-bond donors (Lipinski definition) is 1. The third kappa shape index (κ3) is 3.11. The molecular weight excluding hydrogens is 324 g/mol. The summed E-state index contributed by atoms with van der Waals surface area (Å²) in [5.74, 6) is 1.31.